The summed E-state index contributed by atoms with van der Waals surface area (Å²) in [5, 5.41) is 7.41. The summed E-state index contributed by atoms with van der Waals surface area (Å²) in [5.41, 5.74) is 6.11. The van der Waals surface area contributed by atoms with Crippen molar-refractivity contribution in [3.8, 4) is 16.9 Å². The van der Waals surface area contributed by atoms with Crippen LogP contribution < -0.4 is 15.0 Å². The fourth-order valence-corrected chi connectivity index (χ4v) is 6.41. The molecule has 0 bridgehead atoms. The quantitative estimate of drug-likeness (QED) is 0.163. The maximum absolute atomic E-state index is 13.4. The number of benzene rings is 3. The molecule has 3 aromatic carbocycles. The molecular weight excluding hydrogens is 616 g/mol. The van der Waals surface area contributed by atoms with E-state index in [9.17, 15) is 18.0 Å². The van der Waals surface area contributed by atoms with E-state index in [1.165, 1.54) is 5.56 Å². The summed E-state index contributed by atoms with van der Waals surface area (Å²) in [6.45, 7) is 3.46. The van der Waals surface area contributed by atoms with Gasteiger partial charge in [0.1, 0.15) is 11.6 Å². The zero-order valence-corrected chi connectivity index (χ0v) is 26.2. The first-order valence-corrected chi connectivity index (χ1v) is 16.7. The molecule has 45 heavy (non-hydrogen) atoms. The fourth-order valence-electron chi connectivity index (χ4n) is 5.93. The molecule has 0 saturated heterocycles. The van der Waals surface area contributed by atoms with Crippen molar-refractivity contribution in [1.82, 2.24) is 15.1 Å². The van der Waals surface area contributed by atoms with Gasteiger partial charge in [-0.2, -0.15) is 13.5 Å². The third-order valence-electron chi connectivity index (χ3n) is 8.29. The number of nitrogens with zero attached hydrogens (tertiary/aromatic N) is 3. The molecule has 2 N–H and O–H groups in total. The first kappa shape index (κ1) is 30.8. The van der Waals surface area contributed by atoms with Crippen LogP contribution in [-0.4, -0.2) is 53.6 Å². The van der Waals surface area contributed by atoms with Crippen molar-refractivity contribution in [1.29, 1.82) is 0 Å². The van der Waals surface area contributed by atoms with E-state index in [2.05, 4.69) is 16.5 Å². The highest BCUT2D eigenvalue weighted by atomic mass is 35.5. The molecule has 1 aliphatic carbocycles. The number of anilines is 1. The van der Waals surface area contributed by atoms with Gasteiger partial charge in [-0.25, -0.2) is 0 Å². The molecule has 0 unspecified atom stereocenters. The van der Waals surface area contributed by atoms with Gasteiger partial charge >= 0.3 is 0 Å². The van der Waals surface area contributed by atoms with Crippen molar-refractivity contribution in [3.63, 3.8) is 0 Å². The monoisotopic (exact) mass is 648 g/mol. The Labute approximate surface area is 266 Å². The largest absolute Gasteiger partial charge is 0.493 e. The van der Waals surface area contributed by atoms with Crippen LogP contribution in [0, 0.1) is 12.8 Å². The Morgan fingerprint density at radius 3 is 2.76 bits per heavy atom. The van der Waals surface area contributed by atoms with Gasteiger partial charge in [-0.1, -0.05) is 41.9 Å². The predicted octanol–water partition coefficient (Wildman–Crippen LogP) is 5.44. The Kier molecular flexibility index (Phi) is 8.67. The summed E-state index contributed by atoms with van der Waals surface area (Å²) in [4.78, 5) is 27.7. The molecule has 4 aromatic rings. The maximum atomic E-state index is 13.4. The molecule has 2 atom stereocenters. The molecule has 1 aliphatic heterocycles. The topological polar surface area (TPSA) is 131 Å². The van der Waals surface area contributed by atoms with Gasteiger partial charge in [0.15, 0.2) is 0 Å². The zero-order chi connectivity index (χ0) is 31.7. The second-order valence-corrected chi connectivity index (χ2v) is 13.4. The van der Waals surface area contributed by atoms with E-state index in [0.29, 0.717) is 42.9 Å². The highest BCUT2D eigenvalue weighted by Crippen LogP contribution is 2.57. The SMILES string of the molecule is Cc1c(Cl)cccc1OCCCC(=O)N1C[C@@H]2C[C@@H]2c2c(-c3cnn(Cc4cccc(C(=O)NCS(=O)(=O)O)c4)c3)cccc21. The molecule has 6 rings (SSSR count). The molecule has 2 heterocycles. The molecule has 12 heteroatoms. The molecule has 1 saturated carbocycles. The molecule has 0 radical (unpaired) electrons. The van der Waals surface area contributed by atoms with Crippen LogP contribution in [0.2, 0.25) is 5.02 Å². The summed E-state index contributed by atoms with van der Waals surface area (Å²) in [5.74, 6) is 0.212. The van der Waals surface area contributed by atoms with Crippen LogP contribution in [0.25, 0.3) is 11.1 Å². The Balaban J connectivity index is 1.13. The third-order valence-corrected chi connectivity index (χ3v) is 9.21. The average Bonchev–Trinajstić information content (AvgIpc) is 3.67. The van der Waals surface area contributed by atoms with Gasteiger partial charge in [-0.3, -0.25) is 18.8 Å². The lowest BCUT2D eigenvalue weighted by Gasteiger charge is -2.30. The number of hydrogen-bond donors (Lipinski definition) is 2. The minimum absolute atomic E-state index is 0.0846. The molecule has 10 nitrogen and oxygen atoms in total. The minimum Gasteiger partial charge on any atom is -0.493 e. The Hall–Kier alpha value is -4.19. The maximum Gasteiger partial charge on any atom is 0.283 e. The van der Waals surface area contributed by atoms with E-state index in [1.807, 2.05) is 60.6 Å². The number of aromatic nitrogens is 2. The Morgan fingerprint density at radius 1 is 1.13 bits per heavy atom. The van der Waals surface area contributed by atoms with E-state index >= 15 is 0 Å². The van der Waals surface area contributed by atoms with Gasteiger partial charge in [0.05, 0.1) is 19.3 Å². The standard InChI is InChI=1S/C33H33ClN4O6S/c1-21-28(34)9-4-11-30(21)44-13-5-12-31(39)38-19-24-15-27(24)32-26(8-3-10-29(32)38)25-16-36-37(18-25)17-22-6-2-7-23(14-22)33(40)35-20-45(41,42)43/h2-4,6-11,14,16,18,24,27H,5,12-13,15,17,19-20H2,1H3,(H,35,40)(H,41,42,43)/t24-,27-/m0/s1. The average molecular weight is 649 g/mol. The molecule has 234 valence electrons. The number of carbonyl (C=O) groups excluding carboxylic acids is 2. The highest BCUT2D eigenvalue weighted by Gasteiger charge is 2.47. The summed E-state index contributed by atoms with van der Waals surface area (Å²) < 4.78 is 38.5. The Morgan fingerprint density at radius 2 is 1.93 bits per heavy atom. The van der Waals surface area contributed by atoms with Gasteiger partial charge in [0, 0.05) is 46.6 Å². The van der Waals surface area contributed by atoms with Crippen LogP contribution in [0.15, 0.2) is 73.1 Å². The van der Waals surface area contributed by atoms with Crippen LogP contribution in [-0.2, 0) is 21.5 Å². The number of carbonyl (C=O) groups is 2. The summed E-state index contributed by atoms with van der Waals surface area (Å²) in [6.07, 6.45) is 5.79. The molecule has 0 spiro atoms. The number of rotatable bonds is 11. The second-order valence-electron chi connectivity index (χ2n) is 11.5. The highest BCUT2D eigenvalue weighted by molar-refractivity contribution is 7.85. The van der Waals surface area contributed by atoms with Crippen molar-refractivity contribution in [2.45, 2.75) is 38.6 Å². The number of amides is 2. The smallest absolute Gasteiger partial charge is 0.283 e. The Bertz CT molecular complexity index is 1870. The van der Waals surface area contributed by atoms with E-state index < -0.39 is 21.9 Å². The van der Waals surface area contributed by atoms with Crippen LogP contribution >= 0.6 is 11.6 Å². The molecule has 1 fully saturated rings. The van der Waals surface area contributed by atoms with Crippen molar-refractivity contribution >= 4 is 39.2 Å². The molecule has 2 aliphatic rings. The van der Waals surface area contributed by atoms with Crippen molar-refractivity contribution < 1.29 is 27.3 Å². The van der Waals surface area contributed by atoms with E-state index in [1.54, 1.807) is 22.9 Å². The number of halogens is 1. The first-order valence-electron chi connectivity index (χ1n) is 14.7. The normalized spacial score (nSPS) is 16.9. The van der Waals surface area contributed by atoms with Crippen molar-refractivity contribution in [2.75, 3.05) is 23.9 Å². The fraction of sp³-hybridized carbons (Fsp3) is 0.303. The summed E-state index contributed by atoms with van der Waals surface area (Å²) >= 11 is 6.19. The predicted molar refractivity (Wildman–Crippen MR) is 171 cm³/mol. The number of fused-ring (bicyclic) bond motifs is 3. The molecule has 1 aromatic heterocycles. The lowest BCUT2D eigenvalue weighted by Crippen LogP contribution is -2.36. The zero-order valence-electron chi connectivity index (χ0n) is 24.6. The van der Waals surface area contributed by atoms with Gasteiger partial charge in [0.2, 0.25) is 5.91 Å². The minimum atomic E-state index is -4.32. The van der Waals surface area contributed by atoms with E-state index in [4.69, 9.17) is 20.9 Å². The van der Waals surface area contributed by atoms with Crippen LogP contribution in [0.5, 0.6) is 5.75 Å². The van der Waals surface area contributed by atoms with E-state index in [0.717, 1.165) is 46.7 Å². The lowest BCUT2D eigenvalue weighted by atomic mass is 9.92. The number of ether oxygens (including phenoxy) is 1. The van der Waals surface area contributed by atoms with Crippen molar-refractivity contribution in [3.05, 3.63) is 100 Å². The van der Waals surface area contributed by atoms with Crippen molar-refractivity contribution in [2.24, 2.45) is 5.92 Å². The van der Waals surface area contributed by atoms with Crippen LogP contribution in [0.3, 0.4) is 0 Å². The molecule has 2 amide bonds. The van der Waals surface area contributed by atoms with Gasteiger partial charge in [0.25, 0.3) is 16.0 Å². The van der Waals surface area contributed by atoms with Crippen LogP contribution in [0.1, 0.15) is 52.2 Å². The number of nitrogens with one attached hydrogen (secondary N) is 1. The van der Waals surface area contributed by atoms with E-state index in [-0.39, 0.29) is 11.5 Å². The number of hydrogen-bond acceptors (Lipinski definition) is 6. The first-order chi connectivity index (χ1) is 21.6. The van der Waals surface area contributed by atoms with Gasteiger partial charge in [-0.15, -0.1) is 0 Å². The summed E-state index contributed by atoms with van der Waals surface area (Å²) in [7, 11) is -4.32. The van der Waals surface area contributed by atoms with Crippen LogP contribution in [0.4, 0.5) is 5.69 Å². The van der Waals surface area contributed by atoms with Gasteiger partial charge in [-0.05, 0) is 78.6 Å². The lowest BCUT2D eigenvalue weighted by molar-refractivity contribution is -0.119. The summed E-state index contributed by atoms with van der Waals surface area (Å²) in [6, 6.07) is 18.4. The second kappa shape index (κ2) is 12.7. The third kappa shape index (κ3) is 7.06. The molecular formula is C33H33ClN4O6S. The van der Waals surface area contributed by atoms with Gasteiger partial charge < -0.3 is 15.0 Å².